The molecule has 1 unspecified atom stereocenters. The number of allylic oxidation sites excluding steroid dienone is 4. The number of pyridine rings is 1. The zero-order valence-corrected chi connectivity index (χ0v) is 16.9. The Balaban J connectivity index is 1.57. The van der Waals surface area contributed by atoms with Gasteiger partial charge in [0, 0.05) is 23.4 Å². The highest BCUT2D eigenvalue weighted by molar-refractivity contribution is 5.27. The van der Waals surface area contributed by atoms with Crippen molar-refractivity contribution in [1.29, 1.82) is 0 Å². The van der Waals surface area contributed by atoms with Crippen LogP contribution in [-0.4, -0.2) is 15.0 Å². The molecule has 2 aromatic heterocycles. The molecule has 2 aromatic rings. The van der Waals surface area contributed by atoms with Gasteiger partial charge < -0.3 is 4.98 Å². The van der Waals surface area contributed by atoms with E-state index in [9.17, 15) is 22.8 Å². The second kappa shape index (κ2) is 8.69. The molecular formula is C23H24F3N3O2. The van der Waals surface area contributed by atoms with Crippen LogP contribution >= 0.6 is 0 Å². The summed E-state index contributed by atoms with van der Waals surface area (Å²) in [5.74, 6) is 1.06. The highest BCUT2D eigenvalue weighted by Crippen LogP contribution is 2.40. The van der Waals surface area contributed by atoms with Gasteiger partial charge in [0.1, 0.15) is 5.69 Å². The summed E-state index contributed by atoms with van der Waals surface area (Å²) < 4.78 is 39.0. The lowest BCUT2D eigenvalue weighted by Gasteiger charge is -2.33. The lowest BCUT2D eigenvalue weighted by atomic mass is 9.72. The van der Waals surface area contributed by atoms with E-state index in [4.69, 9.17) is 0 Å². The fraction of sp³-hybridized carbons (Fsp3) is 0.435. The molecule has 0 bridgehead atoms. The predicted molar refractivity (Wildman–Crippen MR) is 111 cm³/mol. The Morgan fingerprint density at radius 2 is 1.81 bits per heavy atom. The van der Waals surface area contributed by atoms with Crippen LogP contribution in [0.15, 0.2) is 52.1 Å². The average molecular weight is 431 g/mol. The molecule has 0 radical (unpaired) electrons. The number of nitrogens with one attached hydrogen (secondary N) is 2. The van der Waals surface area contributed by atoms with Crippen LogP contribution in [0.3, 0.4) is 0 Å². The number of aromatic amines is 2. The van der Waals surface area contributed by atoms with Gasteiger partial charge in [-0.15, -0.1) is 0 Å². The number of alkyl halides is 3. The van der Waals surface area contributed by atoms with E-state index in [2.05, 4.69) is 39.3 Å². The standard InChI is InChI=1S/C23H24F3N3O2/c24-23(25,26)19-8-4-7-17(27-19)13-18-20(28-22(31)29-21(18)30)16-11-9-15(10-12-16)14-5-2-1-3-6-14/h1-5,7-8,14-16H,6,9-13H2,(H2,28,29,30,31). The highest BCUT2D eigenvalue weighted by Gasteiger charge is 2.33. The van der Waals surface area contributed by atoms with E-state index in [1.807, 2.05) is 0 Å². The first-order valence-electron chi connectivity index (χ1n) is 10.5. The lowest BCUT2D eigenvalue weighted by Crippen LogP contribution is -2.31. The number of H-pyrrole nitrogens is 2. The Morgan fingerprint density at radius 1 is 1.03 bits per heavy atom. The fourth-order valence-electron chi connectivity index (χ4n) is 4.76. The van der Waals surface area contributed by atoms with E-state index < -0.39 is 23.1 Å². The maximum atomic E-state index is 13.0. The van der Waals surface area contributed by atoms with Crippen molar-refractivity contribution in [2.24, 2.45) is 11.8 Å². The van der Waals surface area contributed by atoms with Gasteiger partial charge in [0.05, 0.1) is 0 Å². The van der Waals surface area contributed by atoms with Crippen LogP contribution in [0.25, 0.3) is 0 Å². The Kier molecular flexibility index (Phi) is 5.98. The van der Waals surface area contributed by atoms with Crippen LogP contribution in [0.1, 0.15) is 60.7 Å². The van der Waals surface area contributed by atoms with Crippen molar-refractivity contribution < 1.29 is 13.2 Å². The van der Waals surface area contributed by atoms with Gasteiger partial charge >= 0.3 is 11.9 Å². The molecule has 8 heteroatoms. The number of nitrogens with zero attached hydrogens (tertiary/aromatic N) is 1. The first-order chi connectivity index (χ1) is 14.8. The largest absolute Gasteiger partial charge is 0.433 e. The Bertz CT molecular complexity index is 1110. The third-order valence-corrected chi connectivity index (χ3v) is 6.33. The Hall–Kier alpha value is -2.90. The minimum absolute atomic E-state index is 0.00448. The Labute approximate surface area is 177 Å². The van der Waals surface area contributed by atoms with Gasteiger partial charge in [-0.05, 0) is 62.0 Å². The van der Waals surface area contributed by atoms with Crippen molar-refractivity contribution in [3.8, 4) is 0 Å². The van der Waals surface area contributed by atoms with Crippen molar-refractivity contribution >= 4 is 0 Å². The third-order valence-electron chi connectivity index (χ3n) is 6.33. The molecule has 4 rings (SSSR count). The first kappa shape index (κ1) is 21.3. The maximum absolute atomic E-state index is 13.0. The molecule has 2 aliphatic carbocycles. The molecule has 1 fully saturated rings. The maximum Gasteiger partial charge on any atom is 0.433 e. The summed E-state index contributed by atoms with van der Waals surface area (Å²) >= 11 is 0. The van der Waals surface area contributed by atoms with Gasteiger partial charge in [-0.2, -0.15) is 13.2 Å². The molecule has 5 nitrogen and oxygen atoms in total. The van der Waals surface area contributed by atoms with Crippen LogP contribution in [0.4, 0.5) is 13.2 Å². The molecule has 2 heterocycles. The van der Waals surface area contributed by atoms with Crippen molar-refractivity contribution in [2.45, 2.75) is 50.6 Å². The molecule has 0 aromatic carbocycles. The predicted octanol–water partition coefficient (Wildman–Crippen LogP) is 4.47. The average Bonchev–Trinajstić information content (AvgIpc) is 2.76. The third kappa shape index (κ3) is 4.89. The highest BCUT2D eigenvalue weighted by atomic mass is 19.4. The molecule has 0 saturated heterocycles. The molecule has 164 valence electrons. The van der Waals surface area contributed by atoms with Gasteiger partial charge in [-0.3, -0.25) is 9.78 Å². The summed E-state index contributed by atoms with van der Waals surface area (Å²) in [6.45, 7) is 0. The van der Waals surface area contributed by atoms with Crippen LogP contribution in [0, 0.1) is 11.8 Å². The monoisotopic (exact) mass is 431 g/mol. The van der Waals surface area contributed by atoms with E-state index in [0.717, 1.165) is 38.2 Å². The van der Waals surface area contributed by atoms with E-state index in [1.165, 1.54) is 12.1 Å². The van der Waals surface area contributed by atoms with E-state index >= 15 is 0 Å². The Morgan fingerprint density at radius 3 is 2.48 bits per heavy atom. The molecule has 0 aliphatic heterocycles. The molecule has 2 aliphatic rings. The van der Waals surface area contributed by atoms with Gasteiger partial charge in [0.25, 0.3) is 5.56 Å². The summed E-state index contributed by atoms with van der Waals surface area (Å²) in [4.78, 5) is 33.2. The van der Waals surface area contributed by atoms with Crippen molar-refractivity contribution in [1.82, 2.24) is 15.0 Å². The number of halogens is 3. The van der Waals surface area contributed by atoms with Gasteiger partial charge in [0.2, 0.25) is 0 Å². The van der Waals surface area contributed by atoms with E-state index in [-0.39, 0.29) is 23.6 Å². The van der Waals surface area contributed by atoms with Gasteiger partial charge in [-0.1, -0.05) is 30.4 Å². The van der Waals surface area contributed by atoms with Crippen LogP contribution in [0.2, 0.25) is 0 Å². The van der Waals surface area contributed by atoms with Crippen LogP contribution in [0.5, 0.6) is 0 Å². The molecule has 2 N–H and O–H groups in total. The molecule has 1 saturated carbocycles. The number of rotatable bonds is 4. The second-order valence-corrected chi connectivity index (χ2v) is 8.31. The summed E-state index contributed by atoms with van der Waals surface area (Å²) in [6.07, 6.45) is 8.54. The zero-order chi connectivity index (χ0) is 22.0. The minimum Gasteiger partial charge on any atom is -0.311 e. The van der Waals surface area contributed by atoms with E-state index in [0.29, 0.717) is 17.5 Å². The lowest BCUT2D eigenvalue weighted by molar-refractivity contribution is -0.141. The smallest absolute Gasteiger partial charge is 0.311 e. The SMILES string of the molecule is O=c1[nH]c(C2CCC(C3C=CC=CC3)CC2)c(Cc2cccc(C(F)(F)F)n2)c(=O)[nH]1. The van der Waals surface area contributed by atoms with Crippen LogP contribution in [-0.2, 0) is 12.6 Å². The summed E-state index contributed by atoms with van der Waals surface area (Å²) in [6, 6.07) is 3.64. The van der Waals surface area contributed by atoms with Crippen molar-refractivity contribution in [3.63, 3.8) is 0 Å². The van der Waals surface area contributed by atoms with Crippen molar-refractivity contribution in [3.05, 3.63) is 86.0 Å². The molecule has 31 heavy (non-hydrogen) atoms. The summed E-state index contributed by atoms with van der Waals surface area (Å²) in [5, 5.41) is 0. The quantitative estimate of drug-likeness (QED) is 0.750. The molecule has 1 atom stereocenters. The summed E-state index contributed by atoms with van der Waals surface area (Å²) in [5.41, 5.74) is -1.20. The molecule has 0 amide bonds. The normalized spacial score (nSPS) is 23.8. The summed E-state index contributed by atoms with van der Waals surface area (Å²) in [7, 11) is 0. The van der Waals surface area contributed by atoms with Gasteiger partial charge in [-0.25, -0.2) is 9.78 Å². The van der Waals surface area contributed by atoms with E-state index in [1.54, 1.807) is 0 Å². The van der Waals surface area contributed by atoms with Crippen molar-refractivity contribution in [2.75, 3.05) is 0 Å². The molecular weight excluding hydrogens is 407 g/mol. The molecule has 0 spiro atoms. The zero-order valence-electron chi connectivity index (χ0n) is 16.9. The van der Waals surface area contributed by atoms with Crippen LogP contribution < -0.4 is 11.2 Å². The second-order valence-electron chi connectivity index (χ2n) is 8.31. The number of hydrogen-bond acceptors (Lipinski definition) is 3. The number of aromatic nitrogens is 3. The van der Waals surface area contributed by atoms with Gasteiger partial charge in [0.15, 0.2) is 0 Å². The topological polar surface area (TPSA) is 78.6 Å². The fourth-order valence-corrected chi connectivity index (χ4v) is 4.76. The number of hydrogen-bond donors (Lipinski definition) is 2. The first-order valence-corrected chi connectivity index (χ1v) is 10.5. The minimum atomic E-state index is -4.56.